The van der Waals surface area contributed by atoms with Crippen LogP contribution in [0.3, 0.4) is 0 Å². The van der Waals surface area contributed by atoms with Crippen LogP contribution in [-0.2, 0) is 4.79 Å². The SMILES string of the molecule is Cc1ccccc1N1CCC(C(=O)O)CC1I. The van der Waals surface area contributed by atoms with Crippen LogP contribution < -0.4 is 4.90 Å². The van der Waals surface area contributed by atoms with Crippen molar-refractivity contribution in [2.24, 2.45) is 5.92 Å². The fourth-order valence-corrected chi connectivity index (χ4v) is 3.49. The second-order valence-electron chi connectivity index (χ2n) is 4.47. The number of para-hydroxylation sites is 1. The first-order valence-corrected chi connectivity index (χ1v) is 7.03. The Morgan fingerprint density at radius 2 is 2.18 bits per heavy atom. The maximum absolute atomic E-state index is 11.0. The van der Waals surface area contributed by atoms with Crippen LogP contribution in [-0.4, -0.2) is 21.7 Å². The van der Waals surface area contributed by atoms with Gasteiger partial charge < -0.3 is 10.0 Å². The van der Waals surface area contributed by atoms with Gasteiger partial charge in [-0.15, -0.1) is 0 Å². The lowest BCUT2D eigenvalue weighted by molar-refractivity contribution is -0.142. The quantitative estimate of drug-likeness (QED) is 0.509. The number of rotatable bonds is 2. The summed E-state index contributed by atoms with van der Waals surface area (Å²) >= 11 is 2.35. The van der Waals surface area contributed by atoms with Gasteiger partial charge in [0.05, 0.1) is 9.97 Å². The molecule has 1 aliphatic rings. The van der Waals surface area contributed by atoms with Gasteiger partial charge in [-0.25, -0.2) is 0 Å². The largest absolute Gasteiger partial charge is 0.481 e. The molecule has 0 aromatic heterocycles. The predicted octanol–water partition coefficient (Wildman–Crippen LogP) is 3.06. The summed E-state index contributed by atoms with van der Waals surface area (Å²) in [7, 11) is 0. The number of carbonyl (C=O) groups is 1. The van der Waals surface area contributed by atoms with Crippen molar-refractivity contribution in [1.29, 1.82) is 0 Å². The summed E-state index contributed by atoms with van der Waals surface area (Å²) in [4.78, 5) is 13.3. The second-order valence-corrected chi connectivity index (χ2v) is 5.91. The number of alkyl halides is 1. The average Bonchev–Trinajstić information content (AvgIpc) is 2.30. The Labute approximate surface area is 115 Å². The lowest BCUT2D eigenvalue weighted by atomic mass is 9.96. The third kappa shape index (κ3) is 2.73. The topological polar surface area (TPSA) is 40.5 Å². The highest BCUT2D eigenvalue weighted by atomic mass is 127. The van der Waals surface area contributed by atoms with Gasteiger partial charge in [0.25, 0.3) is 0 Å². The molecule has 0 radical (unpaired) electrons. The summed E-state index contributed by atoms with van der Waals surface area (Å²) in [6, 6.07) is 8.28. The molecule has 1 heterocycles. The fraction of sp³-hybridized carbons (Fsp3) is 0.462. The second kappa shape index (κ2) is 5.25. The third-order valence-corrected chi connectivity index (χ3v) is 4.49. The van der Waals surface area contributed by atoms with Crippen molar-refractivity contribution in [2.45, 2.75) is 23.8 Å². The highest BCUT2D eigenvalue weighted by Crippen LogP contribution is 2.33. The number of hydrogen-bond acceptors (Lipinski definition) is 2. The van der Waals surface area contributed by atoms with Gasteiger partial charge in [-0.05, 0) is 31.4 Å². The molecular weight excluding hydrogens is 329 g/mol. The molecule has 17 heavy (non-hydrogen) atoms. The monoisotopic (exact) mass is 345 g/mol. The van der Waals surface area contributed by atoms with Crippen LogP contribution in [0.4, 0.5) is 5.69 Å². The van der Waals surface area contributed by atoms with E-state index in [9.17, 15) is 4.79 Å². The molecule has 2 unspecified atom stereocenters. The number of hydrogen-bond donors (Lipinski definition) is 1. The molecule has 1 fully saturated rings. The van der Waals surface area contributed by atoms with E-state index in [1.54, 1.807) is 0 Å². The van der Waals surface area contributed by atoms with Crippen LogP contribution in [0.2, 0.25) is 0 Å². The third-order valence-electron chi connectivity index (χ3n) is 3.31. The Kier molecular flexibility index (Phi) is 3.91. The van der Waals surface area contributed by atoms with E-state index < -0.39 is 5.97 Å². The summed E-state index contributed by atoms with van der Waals surface area (Å²) in [5.41, 5.74) is 2.48. The smallest absolute Gasteiger partial charge is 0.306 e. The number of halogens is 1. The minimum absolute atomic E-state index is 0.183. The van der Waals surface area contributed by atoms with Crippen molar-refractivity contribution in [3.8, 4) is 0 Å². The summed E-state index contributed by atoms with van der Waals surface area (Å²) in [5.74, 6) is -0.840. The lowest BCUT2D eigenvalue weighted by Crippen LogP contribution is -2.41. The van der Waals surface area contributed by atoms with Crippen LogP contribution in [0.15, 0.2) is 24.3 Å². The maximum Gasteiger partial charge on any atom is 0.306 e. The molecule has 3 nitrogen and oxygen atoms in total. The van der Waals surface area contributed by atoms with E-state index in [-0.39, 0.29) is 9.97 Å². The van der Waals surface area contributed by atoms with Gasteiger partial charge in [-0.3, -0.25) is 4.79 Å². The first-order valence-electron chi connectivity index (χ1n) is 5.78. The van der Waals surface area contributed by atoms with Gasteiger partial charge in [-0.1, -0.05) is 40.8 Å². The average molecular weight is 345 g/mol. The Hall–Kier alpha value is -0.780. The number of aliphatic carboxylic acids is 1. The van der Waals surface area contributed by atoms with Crippen LogP contribution in [0, 0.1) is 12.8 Å². The van der Waals surface area contributed by atoms with E-state index in [0.717, 1.165) is 19.4 Å². The van der Waals surface area contributed by atoms with Gasteiger partial charge in [0.2, 0.25) is 0 Å². The van der Waals surface area contributed by atoms with E-state index in [2.05, 4.69) is 46.5 Å². The number of nitrogens with zero attached hydrogens (tertiary/aromatic N) is 1. The van der Waals surface area contributed by atoms with Crippen LogP contribution in [0.25, 0.3) is 0 Å². The molecule has 1 aliphatic heterocycles. The molecule has 1 aromatic rings. The van der Waals surface area contributed by atoms with Crippen molar-refractivity contribution in [3.63, 3.8) is 0 Å². The van der Waals surface area contributed by atoms with Gasteiger partial charge in [0.15, 0.2) is 0 Å². The van der Waals surface area contributed by atoms with Crippen molar-refractivity contribution in [3.05, 3.63) is 29.8 Å². The highest BCUT2D eigenvalue weighted by molar-refractivity contribution is 14.1. The molecule has 4 heteroatoms. The molecule has 0 aliphatic carbocycles. The Morgan fingerprint density at radius 1 is 1.47 bits per heavy atom. The summed E-state index contributed by atoms with van der Waals surface area (Å²) in [5, 5.41) is 9.05. The molecule has 92 valence electrons. The number of aryl methyl sites for hydroxylation is 1. The van der Waals surface area contributed by atoms with Crippen molar-refractivity contribution in [1.82, 2.24) is 0 Å². The molecule has 1 saturated heterocycles. The molecule has 0 amide bonds. The van der Waals surface area contributed by atoms with Crippen LogP contribution in [0.1, 0.15) is 18.4 Å². The van der Waals surface area contributed by atoms with E-state index >= 15 is 0 Å². The number of piperidine rings is 1. The number of carboxylic acids is 1. The minimum atomic E-state index is -0.656. The molecule has 1 aromatic carbocycles. The zero-order chi connectivity index (χ0) is 12.4. The molecule has 1 N–H and O–H groups in total. The Bertz CT molecular complexity index is 422. The van der Waals surface area contributed by atoms with Gasteiger partial charge in [-0.2, -0.15) is 0 Å². The molecule has 0 saturated carbocycles. The predicted molar refractivity (Wildman–Crippen MR) is 76.7 cm³/mol. The first kappa shape index (κ1) is 12.7. The van der Waals surface area contributed by atoms with E-state index in [0.29, 0.717) is 0 Å². The molecular formula is C13H16INO2. The van der Waals surface area contributed by atoms with Gasteiger partial charge in [0.1, 0.15) is 0 Å². The van der Waals surface area contributed by atoms with E-state index in [1.165, 1.54) is 11.3 Å². The first-order chi connectivity index (χ1) is 8.09. The zero-order valence-electron chi connectivity index (χ0n) is 9.77. The normalized spacial score (nSPS) is 24.7. The highest BCUT2D eigenvalue weighted by Gasteiger charge is 2.31. The van der Waals surface area contributed by atoms with Gasteiger partial charge in [0, 0.05) is 12.2 Å². The summed E-state index contributed by atoms with van der Waals surface area (Å²) < 4.78 is 0.267. The Balaban J connectivity index is 2.15. The van der Waals surface area contributed by atoms with E-state index in [1.807, 2.05) is 12.1 Å². The fourth-order valence-electron chi connectivity index (χ4n) is 2.30. The molecule has 0 bridgehead atoms. The van der Waals surface area contributed by atoms with Crippen molar-refractivity contribution >= 4 is 34.2 Å². The zero-order valence-corrected chi connectivity index (χ0v) is 11.9. The number of anilines is 1. The van der Waals surface area contributed by atoms with E-state index in [4.69, 9.17) is 5.11 Å². The summed E-state index contributed by atoms with van der Waals surface area (Å²) in [6.07, 6.45) is 1.47. The van der Waals surface area contributed by atoms with Crippen molar-refractivity contribution in [2.75, 3.05) is 11.4 Å². The Morgan fingerprint density at radius 3 is 2.76 bits per heavy atom. The molecule has 0 spiro atoms. The maximum atomic E-state index is 11.0. The number of benzene rings is 1. The molecule has 2 atom stereocenters. The lowest BCUT2D eigenvalue weighted by Gasteiger charge is -2.37. The minimum Gasteiger partial charge on any atom is -0.481 e. The van der Waals surface area contributed by atoms with Gasteiger partial charge >= 0.3 is 5.97 Å². The van der Waals surface area contributed by atoms with Crippen molar-refractivity contribution < 1.29 is 9.90 Å². The van der Waals surface area contributed by atoms with Crippen LogP contribution >= 0.6 is 22.6 Å². The summed E-state index contributed by atoms with van der Waals surface area (Å²) in [6.45, 7) is 2.93. The standard InChI is InChI=1S/C13H16INO2/c1-9-4-2-3-5-11(9)15-7-6-10(13(16)17)8-12(15)14/h2-5,10,12H,6-8H2,1H3,(H,16,17). The molecule has 2 rings (SSSR count). The number of carboxylic acid groups (broad SMARTS) is 1. The van der Waals surface area contributed by atoms with Crippen LogP contribution in [0.5, 0.6) is 0 Å².